The van der Waals surface area contributed by atoms with Crippen LogP contribution in [0.25, 0.3) is 0 Å². The molecule has 1 amide bonds. The zero-order chi connectivity index (χ0) is 16.2. The average molecular weight is 304 g/mol. The summed E-state index contributed by atoms with van der Waals surface area (Å²) in [4.78, 5) is 13.8. The molecule has 0 aliphatic heterocycles. The molecule has 0 heterocycles. The highest BCUT2D eigenvalue weighted by molar-refractivity contribution is 5.99. The van der Waals surface area contributed by atoms with Crippen LogP contribution in [0, 0.1) is 0 Å². The number of hydrogen-bond donors (Lipinski definition) is 1. The Morgan fingerprint density at radius 3 is 2.48 bits per heavy atom. The molecular formula is C14H19F3N2O2. The number of nitrogens with two attached hydrogens (primary N) is 1. The van der Waals surface area contributed by atoms with Crippen LogP contribution in [0.5, 0.6) is 0 Å². The Balaban J connectivity index is 3.15. The second kappa shape index (κ2) is 6.80. The first-order valence-electron chi connectivity index (χ1n) is 6.45. The van der Waals surface area contributed by atoms with Gasteiger partial charge in [-0.1, -0.05) is 0 Å². The van der Waals surface area contributed by atoms with Crippen LogP contribution in [0.4, 0.5) is 18.9 Å². The molecule has 1 rings (SSSR count). The van der Waals surface area contributed by atoms with Gasteiger partial charge in [-0.15, -0.1) is 0 Å². The highest BCUT2D eigenvalue weighted by Gasteiger charge is 2.32. The summed E-state index contributed by atoms with van der Waals surface area (Å²) >= 11 is 0. The molecule has 0 unspecified atom stereocenters. The van der Waals surface area contributed by atoms with E-state index in [-0.39, 0.29) is 23.8 Å². The number of nitrogen functional groups attached to an aromatic ring is 1. The van der Waals surface area contributed by atoms with Crippen molar-refractivity contribution in [2.45, 2.75) is 26.1 Å². The summed E-state index contributed by atoms with van der Waals surface area (Å²) < 4.78 is 43.1. The number of carbonyl (C=O) groups excluding carboxylic acids is 1. The van der Waals surface area contributed by atoms with Gasteiger partial charge in [-0.05, 0) is 32.0 Å². The Morgan fingerprint density at radius 1 is 1.38 bits per heavy atom. The van der Waals surface area contributed by atoms with Gasteiger partial charge in [-0.25, -0.2) is 0 Å². The van der Waals surface area contributed by atoms with E-state index in [0.717, 1.165) is 18.2 Å². The number of anilines is 1. The lowest BCUT2D eigenvalue weighted by atomic mass is 10.1. The van der Waals surface area contributed by atoms with E-state index in [9.17, 15) is 18.0 Å². The molecule has 0 spiro atoms. The molecule has 0 aliphatic rings. The normalized spacial score (nSPS) is 11.8. The van der Waals surface area contributed by atoms with Crippen molar-refractivity contribution in [1.82, 2.24) is 4.90 Å². The molecule has 7 heteroatoms. The van der Waals surface area contributed by atoms with Crippen LogP contribution in [0.15, 0.2) is 18.2 Å². The molecule has 2 N–H and O–H groups in total. The fraction of sp³-hybridized carbons (Fsp3) is 0.500. The van der Waals surface area contributed by atoms with Crippen molar-refractivity contribution in [1.29, 1.82) is 0 Å². The third kappa shape index (κ3) is 4.35. The van der Waals surface area contributed by atoms with Crippen LogP contribution in [0.1, 0.15) is 29.8 Å². The first kappa shape index (κ1) is 17.3. The molecule has 0 fully saturated rings. The minimum atomic E-state index is -4.52. The van der Waals surface area contributed by atoms with E-state index in [0.29, 0.717) is 6.61 Å². The summed E-state index contributed by atoms with van der Waals surface area (Å²) in [6.07, 6.45) is -4.52. The van der Waals surface area contributed by atoms with Crippen molar-refractivity contribution in [3.8, 4) is 0 Å². The first-order valence-corrected chi connectivity index (χ1v) is 6.45. The maximum atomic E-state index is 12.7. The van der Waals surface area contributed by atoms with E-state index >= 15 is 0 Å². The molecule has 0 radical (unpaired) electrons. The van der Waals surface area contributed by atoms with E-state index < -0.39 is 17.6 Å². The molecule has 0 saturated carbocycles. The number of carbonyl (C=O) groups is 1. The SMILES string of the molecule is COCCN(C(=O)c1cc(C(F)(F)F)ccc1N)C(C)C. The van der Waals surface area contributed by atoms with Gasteiger partial charge in [0.15, 0.2) is 0 Å². The molecule has 4 nitrogen and oxygen atoms in total. The van der Waals surface area contributed by atoms with Gasteiger partial charge >= 0.3 is 6.18 Å². The number of halogens is 3. The van der Waals surface area contributed by atoms with Crippen LogP contribution in [0.2, 0.25) is 0 Å². The predicted octanol–water partition coefficient (Wildman–Crippen LogP) is 2.78. The van der Waals surface area contributed by atoms with Crippen molar-refractivity contribution in [3.05, 3.63) is 29.3 Å². The Kier molecular flexibility index (Phi) is 5.60. The van der Waals surface area contributed by atoms with Crippen molar-refractivity contribution in [2.24, 2.45) is 0 Å². The predicted molar refractivity (Wildman–Crippen MR) is 73.9 cm³/mol. The van der Waals surface area contributed by atoms with E-state index in [4.69, 9.17) is 10.5 Å². The lowest BCUT2D eigenvalue weighted by molar-refractivity contribution is -0.137. The molecule has 0 saturated heterocycles. The molecule has 0 bridgehead atoms. The minimum absolute atomic E-state index is 0.0241. The third-order valence-corrected chi connectivity index (χ3v) is 3.03. The number of ether oxygens (including phenoxy) is 1. The van der Waals surface area contributed by atoms with Gasteiger partial charge in [0.2, 0.25) is 0 Å². The largest absolute Gasteiger partial charge is 0.416 e. The molecule has 0 aromatic heterocycles. The van der Waals surface area contributed by atoms with Crippen LogP contribution >= 0.6 is 0 Å². The third-order valence-electron chi connectivity index (χ3n) is 3.03. The number of rotatable bonds is 5. The van der Waals surface area contributed by atoms with Gasteiger partial charge in [0.05, 0.1) is 17.7 Å². The molecule has 0 aliphatic carbocycles. The van der Waals surface area contributed by atoms with Gasteiger partial charge in [0.1, 0.15) is 0 Å². The second-order valence-corrected chi connectivity index (χ2v) is 4.88. The minimum Gasteiger partial charge on any atom is -0.398 e. The summed E-state index contributed by atoms with van der Waals surface area (Å²) in [7, 11) is 1.49. The highest BCUT2D eigenvalue weighted by atomic mass is 19.4. The summed E-state index contributed by atoms with van der Waals surface area (Å²) in [6, 6.07) is 2.58. The standard InChI is InChI=1S/C14H19F3N2O2/c1-9(2)19(6-7-21-3)13(20)11-8-10(14(15,16)17)4-5-12(11)18/h4-5,8-9H,6-7,18H2,1-3H3. The quantitative estimate of drug-likeness (QED) is 0.851. The van der Waals surface area contributed by atoms with Crippen LogP contribution in [-0.2, 0) is 10.9 Å². The van der Waals surface area contributed by atoms with Gasteiger partial charge < -0.3 is 15.4 Å². The van der Waals surface area contributed by atoms with E-state index in [1.165, 1.54) is 12.0 Å². The first-order chi connectivity index (χ1) is 9.68. The van der Waals surface area contributed by atoms with Crippen molar-refractivity contribution in [3.63, 3.8) is 0 Å². The Morgan fingerprint density at radius 2 is 2.00 bits per heavy atom. The van der Waals surface area contributed by atoms with E-state index in [1.807, 2.05) is 0 Å². The van der Waals surface area contributed by atoms with E-state index in [1.54, 1.807) is 13.8 Å². The molecule has 1 aromatic rings. The number of nitrogens with zero attached hydrogens (tertiary/aromatic N) is 1. The smallest absolute Gasteiger partial charge is 0.398 e. The Hall–Kier alpha value is -1.76. The number of hydrogen-bond acceptors (Lipinski definition) is 3. The van der Waals surface area contributed by atoms with Crippen LogP contribution in [-0.4, -0.2) is 37.1 Å². The van der Waals surface area contributed by atoms with E-state index in [2.05, 4.69) is 0 Å². The zero-order valence-electron chi connectivity index (χ0n) is 12.2. The number of amides is 1. The van der Waals surface area contributed by atoms with Gasteiger partial charge in [-0.2, -0.15) is 13.2 Å². The molecule has 118 valence electrons. The topological polar surface area (TPSA) is 55.6 Å². The van der Waals surface area contributed by atoms with Gasteiger partial charge in [-0.3, -0.25) is 4.79 Å². The van der Waals surface area contributed by atoms with Crippen molar-refractivity contribution < 1.29 is 22.7 Å². The molecular weight excluding hydrogens is 285 g/mol. The summed E-state index contributed by atoms with van der Waals surface area (Å²) in [5.41, 5.74) is 4.64. The lowest BCUT2D eigenvalue weighted by Gasteiger charge is -2.27. The number of methoxy groups -OCH3 is 1. The summed E-state index contributed by atoms with van der Waals surface area (Å²) in [5.74, 6) is -0.536. The maximum absolute atomic E-state index is 12.7. The van der Waals surface area contributed by atoms with Crippen LogP contribution < -0.4 is 5.73 Å². The Bertz CT molecular complexity index is 501. The van der Waals surface area contributed by atoms with Gasteiger partial charge in [0, 0.05) is 25.4 Å². The summed E-state index contributed by atoms with van der Waals surface area (Å²) in [5, 5.41) is 0. The molecule has 21 heavy (non-hydrogen) atoms. The zero-order valence-corrected chi connectivity index (χ0v) is 12.2. The maximum Gasteiger partial charge on any atom is 0.416 e. The van der Waals surface area contributed by atoms with Crippen molar-refractivity contribution in [2.75, 3.05) is 26.0 Å². The second-order valence-electron chi connectivity index (χ2n) is 4.88. The average Bonchev–Trinajstić information content (AvgIpc) is 2.37. The lowest BCUT2D eigenvalue weighted by Crippen LogP contribution is -2.39. The fourth-order valence-electron chi connectivity index (χ4n) is 1.86. The Labute approximate surface area is 121 Å². The van der Waals surface area contributed by atoms with Crippen LogP contribution in [0.3, 0.4) is 0 Å². The van der Waals surface area contributed by atoms with Gasteiger partial charge in [0.25, 0.3) is 5.91 Å². The fourth-order valence-corrected chi connectivity index (χ4v) is 1.86. The van der Waals surface area contributed by atoms with Crippen molar-refractivity contribution >= 4 is 11.6 Å². The molecule has 1 aromatic carbocycles. The molecule has 0 atom stereocenters. The monoisotopic (exact) mass is 304 g/mol. The number of benzene rings is 1. The summed E-state index contributed by atoms with van der Waals surface area (Å²) in [6.45, 7) is 4.13. The number of alkyl halides is 3. The highest BCUT2D eigenvalue weighted by Crippen LogP contribution is 2.31.